The molecule has 1 saturated heterocycles. The highest BCUT2D eigenvalue weighted by molar-refractivity contribution is 5.81. The number of likely N-dealkylation sites (tertiary alicyclic amines) is 1. The largest absolute Gasteiger partial charge is 0.384 e. The molecule has 98 valence electrons. The number of methoxy groups -OCH3 is 1. The van der Waals surface area contributed by atoms with Gasteiger partial charge < -0.3 is 15.4 Å². The van der Waals surface area contributed by atoms with Crippen LogP contribution in [0.2, 0.25) is 0 Å². The molecule has 0 aromatic heterocycles. The molecule has 2 rings (SSSR count). The molecule has 1 amide bonds. The third-order valence-corrected chi connectivity index (χ3v) is 4.42. The molecule has 1 aliphatic heterocycles. The third kappa shape index (κ3) is 2.33. The Morgan fingerprint density at radius 2 is 2.35 bits per heavy atom. The van der Waals surface area contributed by atoms with Crippen LogP contribution in [0.4, 0.5) is 0 Å². The van der Waals surface area contributed by atoms with Crippen LogP contribution < -0.4 is 5.73 Å². The lowest BCUT2D eigenvalue weighted by molar-refractivity contribution is -0.131. The second kappa shape index (κ2) is 4.94. The van der Waals surface area contributed by atoms with Gasteiger partial charge in [-0.2, -0.15) is 0 Å². The summed E-state index contributed by atoms with van der Waals surface area (Å²) in [4.78, 5) is 14.0. The summed E-state index contributed by atoms with van der Waals surface area (Å²) in [5.41, 5.74) is 5.91. The summed E-state index contributed by atoms with van der Waals surface area (Å²) in [7, 11) is 1.76. The zero-order valence-electron chi connectivity index (χ0n) is 10.9. The van der Waals surface area contributed by atoms with E-state index >= 15 is 0 Å². The molecule has 0 spiro atoms. The van der Waals surface area contributed by atoms with Gasteiger partial charge in [-0.25, -0.2) is 0 Å². The summed E-state index contributed by atoms with van der Waals surface area (Å²) < 4.78 is 5.41. The molecular weight excluding hydrogens is 216 g/mol. The smallest absolute Gasteiger partial charge is 0.239 e. The van der Waals surface area contributed by atoms with Gasteiger partial charge in [-0.1, -0.05) is 12.8 Å². The molecule has 0 bridgehead atoms. The van der Waals surface area contributed by atoms with Gasteiger partial charge in [-0.05, 0) is 25.7 Å². The molecule has 2 N–H and O–H groups in total. The number of carbonyl (C=O) groups excluding carboxylic acids is 1. The van der Waals surface area contributed by atoms with E-state index in [9.17, 15) is 4.79 Å². The van der Waals surface area contributed by atoms with Crippen LogP contribution in [0.25, 0.3) is 0 Å². The van der Waals surface area contributed by atoms with Crippen LogP contribution in [-0.2, 0) is 9.53 Å². The summed E-state index contributed by atoms with van der Waals surface area (Å²) in [5.74, 6) is 0.703. The van der Waals surface area contributed by atoms with Gasteiger partial charge in [0.15, 0.2) is 0 Å². The van der Waals surface area contributed by atoms with E-state index in [1.807, 2.05) is 4.90 Å². The van der Waals surface area contributed by atoms with Crippen LogP contribution in [0, 0.1) is 11.3 Å². The van der Waals surface area contributed by atoms with E-state index in [1.165, 1.54) is 25.7 Å². The van der Waals surface area contributed by atoms with Gasteiger partial charge in [0, 0.05) is 25.6 Å². The van der Waals surface area contributed by atoms with Crippen molar-refractivity contribution in [3.05, 3.63) is 0 Å². The first kappa shape index (κ1) is 12.8. The van der Waals surface area contributed by atoms with Crippen molar-refractivity contribution in [3.8, 4) is 0 Å². The Morgan fingerprint density at radius 3 is 3.00 bits per heavy atom. The fourth-order valence-corrected chi connectivity index (χ4v) is 3.56. The number of fused-ring (bicyclic) bond motifs is 1. The fourth-order valence-electron chi connectivity index (χ4n) is 3.56. The van der Waals surface area contributed by atoms with Gasteiger partial charge in [-0.3, -0.25) is 4.79 Å². The van der Waals surface area contributed by atoms with Crippen molar-refractivity contribution in [2.75, 3.05) is 26.8 Å². The van der Waals surface area contributed by atoms with E-state index < -0.39 is 0 Å². The zero-order chi connectivity index (χ0) is 12.5. The molecule has 4 nitrogen and oxygen atoms in total. The van der Waals surface area contributed by atoms with Crippen molar-refractivity contribution < 1.29 is 9.53 Å². The maximum Gasteiger partial charge on any atom is 0.239 e. The number of hydrogen-bond donors (Lipinski definition) is 1. The first-order valence-electron chi connectivity index (χ1n) is 6.62. The van der Waals surface area contributed by atoms with Crippen molar-refractivity contribution in [2.45, 2.75) is 38.6 Å². The summed E-state index contributed by atoms with van der Waals surface area (Å²) in [6, 6.07) is -0.380. The Morgan fingerprint density at radius 1 is 1.59 bits per heavy atom. The Balaban J connectivity index is 2.10. The van der Waals surface area contributed by atoms with Crippen molar-refractivity contribution in [1.82, 2.24) is 4.90 Å². The van der Waals surface area contributed by atoms with Crippen molar-refractivity contribution in [3.63, 3.8) is 0 Å². The maximum absolute atomic E-state index is 12.0. The minimum absolute atomic E-state index is 0.0925. The molecule has 0 aromatic rings. The van der Waals surface area contributed by atoms with Crippen LogP contribution in [0.15, 0.2) is 0 Å². The molecule has 1 aliphatic carbocycles. The average Bonchev–Trinajstić information content (AvgIpc) is 2.67. The number of amides is 1. The lowest BCUT2D eigenvalue weighted by Gasteiger charge is -2.37. The van der Waals surface area contributed by atoms with Gasteiger partial charge in [-0.15, -0.1) is 0 Å². The molecule has 1 heterocycles. The van der Waals surface area contributed by atoms with Gasteiger partial charge in [0.2, 0.25) is 5.91 Å². The molecule has 0 aromatic carbocycles. The highest BCUT2D eigenvalue weighted by atomic mass is 16.5. The Labute approximate surface area is 103 Å². The number of rotatable bonds is 3. The topological polar surface area (TPSA) is 55.6 Å². The normalized spacial score (nSPS) is 34.5. The van der Waals surface area contributed by atoms with E-state index in [0.29, 0.717) is 5.92 Å². The molecule has 4 heteroatoms. The highest BCUT2D eigenvalue weighted by Gasteiger charge is 2.49. The Bertz CT molecular complexity index is 289. The Hall–Kier alpha value is -0.610. The molecule has 2 fully saturated rings. The van der Waals surface area contributed by atoms with E-state index in [1.54, 1.807) is 14.0 Å². The molecule has 2 aliphatic rings. The minimum Gasteiger partial charge on any atom is -0.384 e. The predicted molar refractivity (Wildman–Crippen MR) is 66.5 cm³/mol. The van der Waals surface area contributed by atoms with Crippen LogP contribution in [0.5, 0.6) is 0 Å². The first-order valence-corrected chi connectivity index (χ1v) is 6.62. The lowest BCUT2D eigenvalue weighted by Crippen LogP contribution is -2.42. The minimum atomic E-state index is -0.380. The molecule has 1 saturated carbocycles. The van der Waals surface area contributed by atoms with Crippen molar-refractivity contribution in [2.24, 2.45) is 17.1 Å². The second-order valence-corrected chi connectivity index (χ2v) is 5.75. The van der Waals surface area contributed by atoms with E-state index in [4.69, 9.17) is 10.5 Å². The highest BCUT2D eigenvalue weighted by Crippen LogP contribution is 2.46. The summed E-state index contributed by atoms with van der Waals surface area (Å²) >= 11 is 0. The summed E-state index contributed by atoms with van der Waals surface area (Å²) in [6.45, 7) is 4.27. The molecule has 0 radical (unpaired) electrons. The number of carbonyl (C=O) groups is 1. The van der Waals surface area contributed by atoms with E-state index in [0.717, 1.165) is 19.7 Å². The zero-order valence-corrected chi connectivity index (χ0v) is 10.9. The SMILES string of the molecule is COCC12CCCCC1CN(C(=O)C(C)N)C2. The average molecular weight is 240 g/mol. The first-order chi connectivity index (χ1) is 8.09. The summed E-state index contributed by atoms with van der Waals surface area (Å²) in [5, 5.41) is 0. The number of hydrogen-bond acceptors (Lipinski definition) is 3. The molecule has 3 unspecified atom stereocenters. The van der Waals surface area contributed by atoms with Gasteiger partial charge in [0.1, 0.15) is 0 Å². The monoisotopic (exact) mass is 240 g/mol. The van der Waals surface area contributed by atoms with Crippen LogP contribution in [0.3, 0.4) is 0 Å². The van der Waals surface area contributed by atoms with Crippen LogP contribution >= 0.6 is 0 Å². The second-order valence-electron chi connectivity index (χ2n) is 5.75. The summed E-state index contributed by atoms with van der Waals surface area (Å²) in [6.07, 6.45) is 4.97. The van der Waals surface area contributed by atoms with Crippen molar-refractivity contribution in [1.29, 1.82) is 0 Å². The van der Waals surface area contributed by atoms with E-state index in [2.05, 4.69) is 0 Å². The third-order valence-electron chi connectivity index (χ3n) is 4.42. The Kier molecular flexibility index (Phi) is 3.73. The van der Waals surface area contributed by atoms with Gasteiger partial charge >= 0.3 is 0 Å². The molecular formula is C13H24N2O2. The van der Waals surface area contributed by atoms with Gasteiger partial charge in [0.25, 0.3) is 0 Å². The predicted octanol–water partition coefficient (Wildman–Crippen LogP) is 0.999. The van der Waals surface area contributed by atoms with Crippen LogP contribution in [0.1, 0.15) is 32.6 Å². The lowest BCUT2D eigenvalue weighted by atomic mass is 9.69. The quantitative estimate of drug-likeness (QED) is 0.800. The number of nitrogens with zero attached hydrogens (tertiary/aromatic N) is 1. The van der Waals surface area contributed by atoms with Gasteiger partial charge in [0.05, 0.1) is 12.6 Å². The van der Waals surface area contributed by atoms with E-state index in [-0.39, 0.29) is 17.4 Å². The fraction of sp³-hybridized carbons (Fsp3) is 0.923. The molecule has 17 heavy (non-hydrogen) atoms. The van der Waals surface area contributed by atoms with Crippen molar-refractivity contribution >= 4 is 5.91 Å². The number of nitrogens with two attached hydrogens (primary N) is 1. The van der Waals surface area contributed by atoms with Crippen LogP contribution in [-0.4, -0.2) is 43.7 Å². The number of ether oxygens (including phenoxy) is 1. The maximum atomic E-state index is 12.0. The molecule has 3 atom stereocenters. The standard InChI is InChI=1S/C13H24N2O2/c1-10(14)12(16)15-7-11-5-3-4-6-13(11,8-15)9-17-2/h10-11H,3-9,14H2,1-2H3.